The van der Waals surface area contributed by atoms with E-state index in [2.05, 4.69) is 21.6 Å². The third-order valence-corrected chi connectivity index (χ3v) is 4.25. The van der Waals surface area contributed by atoms with Gasteiger partial charge in [0.15, 0.2) is 11.4 Å². The van der Waals surface area contributed by atoms with Crippen LogP contribution in [0.25, 0.3) is 28.1 Å². The lowest BCUT2D eigenvalue weighted by Crippen LogP contribution is -2.19. The Balaban J connectivity index is 1.72. The Hall–Kier alpha value is -3.98. The van der Waals surface area contributed by atoms with E-state index < -0.39 is 5.91 Å². The highest BCUT2D eigenvalue weighted by atomic mass is 16.5. The molecule has 140 valence electrons. The lowest BCUT2D eigenvalue weighted by atomic mass is 10.0. The molecular weight excluding hydrogens is 360 g/mol. The smallest absolute Gasteiger partial charge is 0.274 e. The second-order valence-electron chi connectivity index (χ2n) is 6.07. The zero-order valence-corrected chi connectivity index (χ0v) is 14.7. The predicted molar refractivity (Wildman–Crippen MR) is 102 cm³/mol. The first kappa shape index (κ1) is 17.4. The SMILES string of the molecule is C=C(C(=O)NO)c1cccc(Cn2ncc3c(-c4ccco4)nc(N)nc32)c1. The van der Waals surface area contributed by atoms with Crippen molar-refractivity contribution in [2.75, 3.05) is 5.73 Å². The molecule has 1 amide bonds. The molecule has 28 heavy (non-hydrogen) atoms. The minimum Gasteiger partial charge on any atom is -0.463 e. The van der Waals surface area contributed by atoms with Gasteiger partial charge < -0.3 is 10.2 Å². The molecule has 0 aliphatic rings. The van der Waals surface area contributed by atoms with Gasteiger partial charge in [-0.15, -0.1) is 0 Å². The Morgan fingerprint density at radius 1 is 1.29 bits per heavy atom. The average Bonchev–Trinajstić information content (AvgIpc) is 3.37. The molecule has 9 heteroatoms. The van der Waals surface area contributed by atoms with Crippen LogP contribution >= 0.6 is 0 Å². The van der Waals surface area contributed by atoms with Crippen LogP contribution in [0.4, 0.5) is 5.95 Å². The number of carbonyl (C=O) groups excluding carboxylic acids is 1. The van der Waals surface area contributed by atoms with Gasteiger partial charge in [0, 0.05) is 5.57 Å². The van der Waals surface area contributed by atoms with Crippen molar-refractivity contribution in [3.63, 3.8) is 0 Å². The van der Waals surface area contributed by atoms with Crippen LogP contribution in [0.3, 0.4) is 0 Å². The van der Waals surface area contributed by atoms with E-state index in [-0.39, 0.29) is 11.5 Å². The Morgan fingerprint density at radius 2 is 2.14 bits per heavy atom. The number of fused-ring (bicyclic) bond motifs is 1. The van der Waals surface area contributed by atoms with Gasteiger partial charge in [0.2, 0.25) is 5.95 Å². The molecule has 4 rings (SSSR count). The van der Waals surface area contributed by atoms with Crippen molar-refractivity contribution in [3.8, 4) is 11.5 Å². The van der Waals surface area contributed by atoms with E-state index in [1.807, 2.05) is 6.07 Å². The van der Waals surface area contributed by atoms with Crippen molar-refractivity contribution in [3.05, 3.63) is 66.6 Å². The molecule has 0 aliphatic carbocycles. The third kappa shape index (κ3) is 3.10. The number of furan rings is 1. The van der Waals surface area contributed by atoms with Crippen LogP contribution in [0.2, 0.25) is 0 Å². The molecule has 0 aliphatic heterocycles. The number of rotatable bonds is 5. The first-order chi connectivity index (χ1) is 13.6. The number of anilines is 1. The molecule has 0 unspecified atom stereocenters. The van der Waals surface area contributed by atoms with E-state index in [1.54, 1.807) is 53.0 Å². The summed E-state index contributed by atoms with van der Waals surface area (Å²) in [6, 6.07) is 10.8. The van der Waals surface area contributed by atoms with Crippen molar-refractivity contribution in [1.29, 1.82) is 0 Å². The highest BCUT2D eigenvalue weighted by Gasteiger charge is 2.16. The van der Waals surface area contributed by atoms with Gasteiger partial charge in [-0.1, -0.05) is 24.8 Å². The molecule has 0 saturated heterocycles. The van der Waals surface area contributed by atoms with Crippen LogP contribution in [0.5, 0.6) is 0 Å². The minimum atomic E-state index is -0.662. The van der Waals surface area contributed by atoms with Gasteiger partial charge in [0.05, 0.1) is 24.4 Å². The third-order valence-electron chi connectivity index (χ3n) is 4.25. The van der Waals surface area contributed by atoms with E-state index in [0.717, 1.165) is 5.56 Å². The molecule has 0 saturated carbocycles. The summed E-state index contributed by atoms with van der Waals surface area (Å²) in [6.07, 6.45) is 3.22. The number of nitrogen functional groups attached to an aromatic ring is 1. The molecule has 0 spiro atoms. The van der Waals surface area contributed by atoms with Crippen molar-refractivity contribution in [2.45, 2.75) is 6.54 Å². The number of hydrogen-bond donors (Lipinski definition) is 3. The Labute approximate surface area is 159 Å². The van der Waals surface area contributed by atoms with Gasteiger partial charge in [-0.05, 0) is 29.3 Å². The predicted octanol–water partition coefficient (Wildman–Crippen LogP) is 2.24. The molecule has 4 N–H and O–H groups in total. The summed E-state index contributed by atoms with van der Waals surface area (Å²) in [6.45, 7) is 4.08. The number of hydroxylamine groups is 1. The number of nitrogens with one attached hydrogen (secondary N) is 1. The standard InChI is InChI=1S/C19H16N6O3/c1-11(18(26)24-27)13-5-2-4-12(8-13)10-25-17-14(9-21-25)16(22-19(20)23-17)15-6-3-7-28-15/h2-9,27H,1,10H2,(H,24,26)(H2,20,22,23). The van der Waals surface area contributed by atoms with E-state index in [1.165, 1.54) is 0 Å². The highest BCUT2D eigenvalue weighted by molar-refractivity contribution is 6.18. The van der Waals surface area contributed by atoms with Gasteiger partial charge in [0.1, 0.15) is 5.69 Å². The maximum absolute atomic E-state index is 11.6. The molecule has 0 atom stereocenters. The lowest BCUT2D eigenvalue weighted by molar-refractivity contribution is -0.123. The average molecular weight is 376 g/mol. The number of nitrogens with zero attached hydrogens (tertiary/aromatic N) is 4. The Morgan fingerprint density at radius 3 is 2.89 bits per heavy atom. The first-order valence-electron chi connectivity index (χ1n) is 8.32. The fraction of sp³-hybridized carbons (Fsp3) is 0.0526. The lowest BCUT2D eigenvalue weighted by Gasteiger charge is -2.08. The summed E-state index contributed by atoms with van der Waals surface area (Å²) >= 11 is 0. The molecule has 9 nitrogen and oxygen atoms in total. The number of carbonyl (C=O) groups is 1. The van der Waals surface area contributed by atoms with E-state index in [0.29, 0.717) is 34.6 Å². The molecule has 4 aromatic rings. The number of benzene rings is 1. The quantitative estimate of drug-likeness (QED) is 0.276. The van der Waals surface area contributed by atoms with Gasteiger partial charge in [0.25, 0.3) is 5.91 Å². The molecule has 1 aromatic carbocycles. The van der Waals surface area contributed by atoms with Gasteiger partial charge in [-0.3, -0.25) is 10.0 Å². The van der Waals surface area contributed by atoms with Crippen LogP contribution < -0.4 is 11.2 Å². The molecule has 3 aromatic heterocycles. The first-order valence-corrected chi connectivity index (χ1v) is 8.32. The fourth-order valence-electron chi connectivity index (χ4n) is 2.92. The maximum Gasteiger partial charge on any atom is 0.274 e. The zero-order valence-electron chi connectivity index (χ0n) is 14.7. The van der Waals surface area contributed by atoms with Crippen molar-refractivity contribution < 1.29 is 14.4 Å². The Kier molecular flexibility index (Phi) is 4.34. The van der Waals surface area contributed by atoms with Crippen LogP contribution in [0, 0.1) is 0 Å². The Bertz CT molecular complexity index is 1180. The summed E-state index contributed by atoms with van der Waals surface area (Å²) in [5.41, 5.74) is 10.2. The topological polar surface area (TPSA) is 132 Å². The zero-order chi connectivity index (χ0) is 19.7. The van der Waals surface area contributed by atoms with Crippen LogP contribution in [0.15, 0.2) is 59.9 Å². The fourth-order valence-corrected chi connectivity index (χ4v) is 2.92. The summed E-state index contributed by atoms with van der Waals surface area (Å²) in [5.74, 6) is 0.0275. The van der Waals surface area contributed by atoms with E-state index in [4.69, 9.17) is 15.4 Å². The molecular formula is C19H16N6O3. The normalized spacial score (nSPS) is 10.9. The summed E-state index contributed by atoms with van der Waals surface area (Å²) in [7, 11) is 0. The molecule has 3 heterocycles. The van der Waals surface area contributed by atoms with Crippen molar-refractivity contribution >= 4 is 28.5 Å². The van der Waals surface area contributed by atoms with Gasteiger partial charge >= 0.3 is 0 Å². The minimum absolute atomic E-state index is 0.113. The van der Waals surface area contributed by atoms with Crippen LogP contribution in [0.1, 0.15) is 11.1 Å². The van der Waals surface area contributed by atoms with Crippen molar-refractivity contribution in [2.24, 2.45) is 0 Å². The van der Waals surface area contributed by atoms with Crippen molar-refractivity contribution in [1.82, 2.24) is 25.2 Å². The number of aromatic nitrogens is 4. The number of amides is 1. The maximum atomic E-state index is 11.6. The summed E-state index contributed by atoms with van der Waals surface area (Å²) in [5, 5.41) is 13.9. The largest absolute Gasteiger partial charge is 0.463 e. The summed E-state index contributed by atoms with van der Waals surface area (Å²) < 4.78 is 7.12. The van der Waals surface area contributed by atoms with Gasteiger partial charge in [-0.25, -0.2) is 15.1 Å². The summed E-state index contributed by atoms with van der Waals surface area (Å²) in [4.78, 5) is 20.2. The second-order valence-corrected chi connectivity index (χ2v) is 6.07. The van der Waals surface area contributed by atoms with Crippen LogP contribution in [-0.2, 0) is 11.3 Å². The number of hydrogen-bond acceptors (Lipinski definition) is 7. The van der Waals surface area contributed by atoms with E-state index in [9.17, 15) is 4.79 Å². The van der Waals surface area contributed by atoms with Gasteiger partial charge in [-0.2, -0.15) is 10.1 Å². The molecule has 0 fully saturated rings. The van der Waals surface area contributed by atoms with E-state index >= 15 is 0 Å². The monoisotopic (exact) mass is 376 g/mol. The molecule has 0 radical (unpaired) electrons. The number of nitrogens with two attached hydrogens (primary N) is 1. The highest BCUT2D eigenvalue weighted by Crippen LogP contribution is 2.27. The second kappa shape index (κ2) is 6.97. The molecule has 0 bridgehead atoms. The van der Waals surface area contributed by atoms with Crippen LogP contribution in [-0.4, -0.2) is 30.9 Å².